The average Bonchev–Trinajstić information content (AvgIpc) is 3.28. The van der Waals surface area contributed by atoms with Crippen molar-refractivity contribution in [2.24, 2.45) is 0 Å². The van der Waals surface area contributed by atoms with E-state index in [0.29, 0.717) is 28.8 Å². The Morgan fingerprint density at radius 1 is 1.00 bits per heavy atom. The fourth-order valence-electron chi connectivity index (χ4n) is 6.07. The van der Waals surface area contributed by atoms with Crippen molar-refractivity contribution in [1.82, 2.24) is 38.9 Å². The van der Waals surface area contributed by atoms with Crippen molar-refractivity contribution in [3.8, 4) is 5.82 Å². The van der Waals surface area contributed by atoms with Gasteiger partial charge in [0.2, 0.25) is 5.95 Å². The number of hydrogen-bond acceptors (Lipinski definition) is 9. The second kappa shape index (κ2) is 12.1. The van der Waals surface area contributed by atoms with E-state index in [1.807, 2.05) is 26.0 Å². The van der Waals surface area contributed by atoms with Crippen LogP contribution in [0.2, 0.25) is 0 Å². The van der Waals surface area contributed by atoms with Crippen LogP contribution in [0.3, 0.4) is 0 Å². The van der Waals surface area contributed by atoms with Crippen LogP contribution in [0.15, 0.2) is 64.8 Å². The molecule has 2 aliphatic heterocycles. The van der Waals surface area contributed by atoms with Crippen LogP contribution in [0.1, 0.15) is 32.7 Å². The lowest BCUT2D eigenvalue weighted by Gasteiger charge is -2.42. The van der Waals surface area contributed by atoms with Crippen molar-refractivity contribution in [1.29, 1.82) is 0 Å². The minimum Gasteiger partial charge on any atom is -0.371 e. The van der Waals surface area contributed by atoms with Crippen LogP contribution in [0.5, 0.6) is 0 Å². The van der Waals surface area contributed by atoms with Gasteiger partial charge < -0.3 is 15.1 Å². The van der Waals surface area contributed by atoms with Gasteiger partial charge >= 0.3 is 0 Å². The van der Waals surface area contributed by atoms with Crippen molar-refractivity contribution in [2.45, 2.75) is 45.3 Å². The number of fused-ring (bicyclic) bond motifs is 1. The van der Waals surface area contributed by atoms with Gasteiger partial charge in [0.15, 0.2) is 11.5 Å². The zero-order valence-corrected chi connectivity index (χ0v) is 25.2. The minimum atomic E-state index is -0.258. The summed E-state index contributed by atoms with van der Waals surface area (Å²) in [6, 6.07) is 11.9. The van der Waals surface area contributed by atoms with Crippen LogP contribution in [0.25, 0.3) is 16.9 Å². The summed E-state index contributed by atoms with van der Waals surface area (Å²) >= 11 is 0. The summed E-state index contributed by atoms with van der Waals surface area (Å²) in [5, 5.41) is 8.17. The molecule has 0 aliphatic carbocycles. The maximum atomic E-state index is 13.3. The Hall–Kier alpha value is -4.29. The first kappa shape index (κ1) is 28.8. The third-order valence-corrected chi connectivity index (χ3v) is 8.50. The van der Waals surface area contributed by atoms with E-state index in [1.54, 1.807) is 16.8 Å². The topological polar surface area (TPSA) is 109 Å². The highest BCUT2D eigenvalue weighted by molar-refractivity contribution is 5.77. The third kappa shape index (κ3) is 5.84. The highest BCUT2D eigenvalue weighted by Gasteiger charge is 2.27. The molecule has 12 nitrogen and oxygen atoms in total. The van der Waals surface area contributed by atoms with Crippen LogP contribution in [-0.4, -0.2) is 91.3 Å². The number of piperazine rings is 1. The normalized spacial score (nSPS) is 17.2. The number of nitrogens with zero attached hydrogens (tertiary/aromatic N) is 9. The molecule has 0 atom stereocenters. The van der Waals surface area contributed by atoms with Crippen LogP contribution < -0.4 is 21.3 Å². The standard InChI is InChI=1S/C31H40N10O2/c1-5-14-39-30(43)26-21-32-31(34-29(26)41(39)27-10-11-28(42)40(35-27)22(2)3)33-23-6-8-24(9-7-23)37-15-12-25(13-16-37)38-19-17-36(4)18-20-38/h5-11,21-22,25H,1,12-20H2,2-4H3,(H,32,33,34). The summed E-state index contributed by atoms with van der Waals surface area (Å²) in [5.41, 5.74) is 1.98. The predicted octanol–water partition coefficient (Wildman–Crippen LogP) is 2.87. The molecule has 0 spiro atoms. The summed E-state index contributed by atoms with van der Waals surface area (Å²) in [4.78, 5) is 42.3. The monoisotopic (exact) mass is 584 g/mol. The van der Waals surface area contributed by atoms with E-state index in [4.69, 9.17) is 4.98 Å². The van der Waals surface area contributed by atoms with Crippen molar-refractivity contribution < 1.29 is 0 Å². The quantitative estimate of drug-likeness (QED) is 0.313. The van der Waals surface area contributed by atoms with E-state index in [-0.39, 0.29) is 23.7 Å². The van der Waals surface area contributed by atoms with Crippen LogP contribution in [-0.2, 0) is 6.54 Å². The van der Waals surface area contributed by atoms with E-state index < -0.39 is 0 Å². The largest absolute Gasteiger partial charge is 0.371 e. The van der Waals surface area contributed by atoms with Gasteiger partial charge in [-0.1, -0.05) is 6.08 Å². The molecular weight excluding hydrogens is 544 g/mol. The lowest BCUT2D eigenvalue weighted by molar-refractivity contribution is 0.0982. The van der Waals surface area contributed by atoms with Gasteiger partial charge in [-0.05, 0) is 64.1 Å². The number of aromatic nitrogens is 6. The molecule has 0 bridgehead atoms. The van der Waals surface area contributed by atoms with Gasteiger partial charge in [0.1, 0.15) is 5.39 Å². The molecule has 0 radical (unpaired) electrons. The Morgan fingerprint density at radius 3 is 2.40 bits per heavy atom. The number of rotatable bonds is 8. The molecule has 3 aromatic heterocycles. The second-order valence-electron chi connectivity index (χ2n) is 11.7. The van der Waals surface area contributed by atoms with Crippen LogP contribution >= 0.6 is 0 Å². The van der Waals surface area contributed by atoms with Gasteiger partial charge in [0.25, 0.3) is 11.1 Å². The molecule has 6 rings (SSSR count). The summed E-state index contributed by atoms with van der Waals surface area (Å²) < 4.78 is 4.51. The maximum Gasteiger partial charge on any atom is 0.278 e. The molecule has 4 aromatic rings. The lowest BCUT2D eigenvalue weighted by Crippen LogP contribution is -2.52. The molecule has 1 aromatic carbocycles. The molecule has 226 valence electrons. The Balaban J connectivity index is 1.21. The molecule has 0 unspecified atom stereocenters. The average molecular weight is 585 g/mol. The molecule has 1 N–H and O–H groups in total. The lowest BCUT2D eigenvalue weighted by atomic mass is 10.0. The van der Waals surface area contributed by atoms with E-state index in [2.05, 4.69) is 55.9 Å². The number of piperidine rings is 1. The number of allylic oxidation sites excluding steroid dienone is 1. The smallest absolute Gasteiger partial charge is 0.278 e. The Morgan fingerprint density at radius 2 is 1.72 bits per heavy atom. The fourth-order valence-corrected chi connectivity index (χ4v) is 6.07. The molecular formula is C31H40N10O2. The van der Waals surface area contributed by atoms with Crippen molar-refractivity contribution in [3.05, 3.63) is 76.0 Å². The number of hydrogen-bond donors (Lipinski definition) is 1. The second-order valence-corrected chi connectivity index (χ2v) is 11.7. The van der Waals surface area contributed by atoms with Crippen molar-refractivity contribution >= 4 is 28.4 Å². The summed E-state index contributed by atoms with van der Waals surface area (Å²) in [6.07, 6.45) is 5.54. The zero-order valence-electron chi connectivity index (χ0n) is 25.2. The van der Waals surface area contributed by atoms with Crippen LogP contribution in [0.4, 0.5) is 17.3 Å². The van der Waals surface area contributed by atoms with E-state index in [9.17, 15) is 9.59 Å². The summed E-state index contributed by atoms with van der Waals surface area (Å²) in [7, 11) is 2.21. The Kier molecular flexibility index (Phi) is 8.13. The van der Waals surface area contributed by atoms with Gasteiger partial charge in [0, 0.05) is 68.9 Å². The summed E-state index contributed by atoms with van der Waals surface area (Å²) in [6.45, 7) is 14.6. The molecule has 2 fully saturated rings. The molecule has 43 heavy (non-hydrogen) atoms. The number of benzene rings is 1. The van der Waals surface area contributed by atoms with Gasteiger partial charge in [-0.2, -0.15) is 4.98 Å². The first-order chi connectivity index (χ1) is 20.8. The Bertz CT molecular complexity index is 1710. The molecule has 0 saturated carbocycles. The molecule has 0 amide bonds. The molecule has 2 aliphatic rings. The van der Waals surface area contributed by atoms with E-state index in [1.165, 1.54) is 53.2 Å². The van der Waals surface area contributed by atoms with Gasteiger partial charge in [-0.15, -0.1) is 11.7 Å². The van der Waals surface area contributed by atoms with E-state index >= 15 is 0 Å². The first-order valence-corrected chi connectivity index (χ1v) is 15.1. The molecule has 2 saturated heterocycles. The molecule has 5 heterocycles. The zero-order chi connectivity index (χ0) is 30.1. The maximum absolute atomic E-state index is 13.3. The third-order valence-electron chi connectivity index (χ3n) is 8.50. The number of likely N-dealkylation sites (N-methyl/N-ethyl adjacent to an activating group) is 1. The fraction of sp³-hybridized carbons (Fsp3) is 0.452. The van der Waals surface area contributed by atoms with E-state index in [0.717, 1.165) is 31.9 Å². The number of nitrogens with one attached hydrogen (secondary N) is 1. The molecule has 12 heteroatoms. The number of anilines is 3. The first-order valence-electron chi connectivity index (χ1n) is 15.1. The van der Waals surface area contributed by atoms with Crippen molar-refractivity contribution in [3.63, 3.8) is 0 Å². The van der Waals surface area contributed by atoms with Crippen LogP contribution in [0, 0.1) is 0 Å². The highest BCUT2D eigenvalue weighted by Crippen LogP contribution is 2.26. The predicted molar refractivity (Wildman–Crippen MR) is 170 cm³/mol. The van der Waals surface area contributed by atoms with Gasteiger partial charge in [0.05, 0.1) is 12.6 Å². The summed E-state index contributed by atoms with van der Waals surface area (Å²) in [5.74, 6) is 0.766. The highest BCUT2D eigenvalue weighted by atomic mass is 16.1. The Labute approximate surface area is 250 Å². The van der Waals surface area contributed by atoms with Gasteiger partial charge in [-0.25, -0.2) is 19.0 Å². The minimum absolute atomic E-state index is 0.146. The van der Waals surface area contributed by atoms with Crippen molar-refractivity contribution in [2.75, 3.05) is 56.5 Å². The van der Waals surface area contributed by atoms with Gasteiger partial charge in [-0.3, -0.25) is 14.5 Å². The SMILES string of the molecule is C=CCn1c(=O)c2cnc(Nc3ccc(N4CCC(N5CCN(C)CC5)CC4)cc3)nc2n1-c1ccc(=O)n(C(C)C)n1.